The second-order valence-corrected chi connectivity index (χ2v) is 8.52. The van der Waals surface area contributed by atoms with E-state index < -0.39 is 0 Å². The van der Waals surface area contributed by atoms with Gasteiger partial charge >= 0.3 is 0 Å². The van der Waals surface area contributed by atoms with E-state index >= 15 is 0 Å². The lowest BCUT2D eigenvalue weighted by Crippen LogP contribution is -2.22. The summed E-state index contributed by atoms with van der Waals surface area (Å²) in [5.41, 5.74) is 5.87. The molecule has 1 unspecified atom stereocenters. The van der Waals surface area contributed by atoms with Crippen LogP contribution in [-0.4, -0.2) is 10.8 Å². The SMILES string of the molecule is Cc1cc(C2CC(=O)c3ccc(OCc4ccc(C#N)cc4)c(C(C)C)c3O2)cc(C)n1. The van der Waals surface area contributed by atoms with E-state index in [1.165, 1.54) is 0 Å². The van der Waals surface area contributed by atoms with Gasteiger partial charge in [-0.15, -0.1) is 0 Å². The number of ether oxygens (including phenoxy) is 2. The van der Waals surface area contributed by atoms with E-state index in [2.05, 4.69) is 24.9 Å². The molecule has 0 fully saturated rings. The van der Waals surface area contributed by atoms with Crippen molar-refractivity contribution in [3.05, 3.63) is 87.7 Å². The van der Waals surface area contributed by atoms with Crippen molar-refractivity contribution in [2.45, 2.75) is 52.7 Å². The zero-order valence-corrected chi connectivity index (χ0v) is 18.8. The van der Waals surface area contributed by atoms with Gasteiger partial charge in [-0.05, 0) is 67.3 Å². The minimum atomic E-state index is -0.346. The van der Waals surface area contributed by atoms with Crippen molar-refractivity contribution in [1.82, 2.24) is 4.98 Å². The van der Waals surface area contributed by atoms with Gasteiger partial charge in [-0.2, -0.15) is 5.26 Å². The molecule has 32 heavy (non-hydrogen) atoms. The number of nitrogens with zero attached hydrogens (tertiary/aromatic N) is 2. The molecule has 5 nitrogen and oxygen atoms in total. The molecule has 0 radical (unpaired) electrons. The minimum absolute atomic E-state index is 0.0731. The number of aryl methyl sites for hydroxylation is 2. The molecular weight excluding hydrogens is 400 g/mol. The first kappa shape index (κ1) is 21.6. The van der Waals surface area contributed by atoms with Crippen LogP contribution in [0.15, 0.2) is 48.5 Å². The molecule has 0 N–H and O–H groups in total. The number of hydrogen-bond acceptors (Lipinski definition) is 5. The van der Waals surface area contributed by atoms with E-state index in [-0.39, 0.29) is 17.8 Å². The first-order valence-corrected chi connectivity index (χ1v) is 10.8. The summed E-state index contributed by atoms with van der Waals surface area (Å²) >= 11 is 0. The van der Waals surface area contributed by atoms with Crippen molar-refractivity contribution in [1.29, 1.82) is 5.26 Å². The quantitative estimate of drug-likeness (QED) is 0.502. The Labute approximate surface area is 188 Å². The van der Waals surface area contributed by atoms with Crippen molar-refractivity contribution in [3.63, 3.8) is 0 Å². The fourth-order valence-corrected chi connectivity index (χ4v) is 4.14. The lowest BCUT2D eigenvalue weighted by Gasteiger charge is -2.29. The van der Waals surface area contributed by atoms with Crippen LogP contribution in [0.3, 0.4) is 0 Å². The Kier molecular flexibility index (Phi) is 5.96. The van der Waals surface area contributed by atoms with Crippen LogP contribution in [0, 0.1) is 25.2 Å². The fraction of sp³-hybridized carbons (Fsp3) is 0.296. The van der Waals surface area contributed by atoms with Gasteiger partial charge in [0.05, 0.1) is 23.6 Å². The van der Waals surface area contributed by atoms with Crippen LogP contribution in [0.4, 0.5) is 0 Å². The van der Waals surface area contributed by atoms with Gasteiger partial charge in [0.15, 0.2) is 5.78 Å². The van der Waals surface area contributed by atoms with E-state index in [1.54, 1.807) is 18.2 Å². The van der Waals surface area contributed by atoms with Crippen LogP contribution in [0.1, 0.15) is 76.3 Å². The molecule has 162 valence electrons. The van der Waals surface area contributed by atoms with E-state index in [0.29, 0.717) is 35.7 Å². The van der Waals surface area contributed by atoms with Crippen LogP contribution < -0.4 is 9.47 Å². The highest BCUT2D eigenvalue weighted by atomic mass is 16.5. The molecule has 3 aromatic rings. The largest absolute Gasteiger partial charge is 0.488 e. The molecule has 0 saturated carbocycles. The van der Waals surface area contributed by atoms with Crippen molar-refractivity contribution in [2.24, 2.45) is 0 Å². The van der Waals surface area contributed by atoms with Crippen molar-refractivity contribution in [3.8, 4) is 17.6 Å². The molecule has 1 aromatic heterocycles. The van der Waals surface area contributed by atoms with Gasteiger partial charge in [-0.1, -0.05) is 26.0 Å². The van der Waals surface area contributed by atoms with E-state index in [1.807, 2.05) is 44.2 Å². The third-order valence-electron chi connectivity index (χ3n) is 5.62. The summed E-state index contributed by atoms with van der Waals surface area (Å²) in [5, 5.41) is 8.98. The number of carbonyl (C=O) groups excluding carboxylic acids is 1. The van der Waals surface area contributed by atoms with Crippen LogP contribution >= 0.6 is 0 Å². The maximum Gasteiger partial charge on any atom is 0.170 e. The highest BCUT2D eigenvalue weighted by Gasteiger charge is 2.32. The summed E-state index contributed by atoms with van der Waals surface area (Å²) in [4.78, 5) is 17.4. The summed E-state index contributed by atoms with van der Waals surface area (Å²) in [6.07, 6.45) is -0.0412. The number of carbonyl (C=O) groups is 1. The van der Waals surface area contributed by atoms with Crippen LogP contribution in [0.2, 0.25) is 0 Å². The average molecular weight is 427 g/mol. The Morgan fingerprint density at radius 1 is 1.12 bits per heavy atom. The van der Waals surface area contributed by atoms with Gasteiger partial charge in [-0.25, -0.2) is 0 Å². The number of aromatic nitrogens is 1. The standard InChI is InChI=1S/C27H26N2O3/c1-16(2)26-24(31-15-20-7-5-19(14-28)6-8-20)10-9-22-23(30)13-25(32-27(22)26)21-11-17(3)29-18(4)12-21/h5-12,16,25H,13,15H2,1-4H3. The third kappa shape index (κ3) is 4.36. The molecule has 4 rings (SSSR count). The Morgan fingerprint density at radius 2 is 1.81 bits per heavy atom. The van der Waals surface area contributed by atoms with Crippen LogP contribution in [-0.2, 0) is 6.61 Å². The summed E-state index contributed by atoms with van der Waals surface area (Å²) in [5.74, 6) is 1.50. The van der Waals surface area contributed by atoms with Gasteiger partial charge in [-0.3, -0.25) is 9.78 Å². The van der Waals surface area contributed by atoms with Crippen molar-refractivity contribution in [2.75, 3.05) is 0 Å². The summed E-state index contributed by atoms with van der Waals surface area (Å²) in [7, 11) is 0. The molecule has 0 saturated heterocycles. The number of fused-ring (bicyclic) bond motifs is 1. The highest BCUT2D eigenvalue weighted by Crippen LogP contribution is 2.44. The molecule has 1 aliphatic rings. The maximum atomic E-state index is 13.0. The second kappa shape index (κ2) is 8.84. The van der Waals surface area contributed by atoms with Gasteiger partial charge in [0.1, 0.15) is 24.2 Å². The zero-order chi connectivity index (χ0) is 22.8. The zero-order valence-electron chi connectivity index (χ0n) is 18.8. The number of pyridine rings is 1. The molecule has 5 heteroatoms. The van der Waals surface area contributed by atoms with E-state index in [4.69, 9.17) is 14.7 Å². The number of Topliss-reactive ketones (excluding diaryl/α,β-unsaturated/α-hetero) is 1. The van der Waals surface area contributed by atoms with Crippen molar-refractivity contribution < 1.29 is 14.3 Å². The molecule has 1 aliphatic heterocycles. The number of rotatable bonds is 5. The summed E-state index contributed by atoms with van der Waals surface area (Å²) in [6.45, 7) is 8.41. The normalized spacial score (nSPS) is 15.1. The molecule has 2 heterocycles. The topological polar surface area (TPSA) is 72.2 Å². The van der Waals surface area contributed by atoms with E-state index in [0.717, 1.165) is 28.1 Å². The molecule has 1 atom stereocenters. The minimum Gasteiger partial charge on any atom is -0.488 e. The molecule has 0 spiro atoms. The number of benzene rings is 2. The molecule has 0 amide bonds. The van der Waals surface area contributed by atoms with E-state index in [9.17, 15) is 4.79 Å². The highest BCUT2D eigenvalue weighted by molar-refractivity contribution is 6.00. The second-order valence-electron chi connectivity index (χ2n) is 8.52. The third-order valence-corrected chi connectivity index (χ3v) is 5.62. The van der Waals surface area contributed by atoms with Gasteiger partial charge in [0.25, 0.3) is 0 Å². The summed E-state index contributed by atoms with van der Waals surface area (Å²) < 4.78 is 12.6. The average Bonchev–Trinajstić information content (AvgIpc) is 2.76. The number of hydrogen-bond donors (Lipinski definition) is 0. The molecule has 0 bridgehead atoms. The smallest absolute Gasteiger partial charge is 0.170 e. The Bertz CT molecular complexity index is 1190. The van der Waals surface area contributed by atoms with Gasteiger partial charge < -0.3 is 9.47 Å². The first-order chi connectivity index (χ1) is 15.4. The number of ketones is 1. The van der Waals surface area contributed by atoms with Crippen molar-refractivity contribution >= 4 is 5.78 Å². The molecule has 2 aromatic carbocycles. The number of nitriles is 1. The predicted octanol–water partition coefficient (Wildman–Crippen LogP) is 5.98. The van der Waals surface area contributed by atoms with Gasteiger partial charge in [0.2, 0.25) is 0 Å². The Hall–Kier alpha value is -3.65. The molecular formula is C27H26N2O3. The monoisotopic (exact) mass is 426 g/mol. The maximum absolute atomic E-state index is 13.0. The van der Waals surface area contributed by atoms with Gasteiger partial charge in [0, 0.05) is 17.0 Å². The van der Waals surface area contributed by atoms with Crippen LogP contribution in [0.25, 0.3) is 0 Å². The predicted molar refractivity (Wildman–Crippen MR) is 122 cm³/mol. The fourth-order valence-electron chi connectivity index (χ4n) is 4.14. The molecule has 0 aliphatic carbocycles. The Balaban J connectivity index is 1.66. The van der Waals surface area contributed by atoms with Crippen LogP contribution in [0.5, 0.6) is 11.5 Å². The lowest BCUT2D eigenvalue weighted by atomic mass is 9.90. The lowest BCUT2D eigenvalue weighted by molar-refractivity contribution is 0.0845. The first-order valence-electron chi connectivity index (χ1n) is 10.8. The Morgan fingerprint density at radius 3 is 2.44 bits per heavy atom. The summed E-state index contributed by atoms with van der Waals surface area (Å²) in [6, 6.07) is 17.1.